The van der Waals surface area contributed by atoms with Gasteiger partial charge < -0.3 is 28.8 Å². The molecule has 3 atom stereocenters. The van der Waals surface area contributed by atoms with E-state index in [4.69, 9.17) is 9.05 Å². The number of aliphatic hydroxyl groups excluding tert-OH is 1. The predicted octanol–water partition coefficient (Wildman–Crippen LogP) is 21.0. The van der Waals surface area contributed by atoms with Crippen LogP contribution < -0.4 is 10.2 Å². The van der Waals surface area contributed by atoms with Crippen molar-refractivity contribution in [3.63, 3.8) is 0 Å². The van der Waals surface area contributed by atoms with Crippen molar-refractivity contribution in [2.24, 2.45) is 0 Å². The number of amides is 1. The highest BCUT2D eigenvalue weighted by Crippen LogP contribution is 2.38. The predicted molar refractivity (Wildman–Crippen MR) is 361 cm³/mol. The molecular weight excluding hydrogens is 1040 g/mol. The monoisotopic (exact) mass is 1170 g/mol. The summed E-state index contributed by atoms with van der Waals surface area (Å²) in [6.45, 7) is 4.47. The van der Waals surface area contributed by atoms with Gasteiger partial charge in [-0.25, -0.2) is 0 Å². The molecular formula is C74H127N2O6P. The zero-order valence-corrected chi connectivity index (χ0v) is 55.0. The van der Waals surface area contributed by atoms with Gasteiger partial charge in [-0.15, -0.1) is 0 Å². The molecule has 0 aromatic rings. The lowest BCUT2D eigenvalue weighted by Gasteiger charge is -2.29. The van der Waals surface area contributed by atoms with E-state index < -0.39 is 26.6 Å². The summed E-state index contributed by atoms with van der Waals surface area (Å²) in [6, 6.07) is -0.955. The summed E-state index contributed by atoms with van der Waals surface area (Å²) in [5.74, 6) is -0.273. The van der Waals surface area contributed by atoms with Gasteiger partial charge in [0.25, 0.3) is 7.82 Å². The molecule has 0 aromatic heterocycles. The van der Waals surface area contributed by atoms with Crippen LogP contribution in [0, 0.1) is 0 Å². The van der Waals surface area contributed by atoms with E-state index >= 15 is 0 Å². The highest BCUT2D eigenvalue weighted by molar-refractivity contribution is 7.45. The quantitative estimate of drug-likeness (QED) is 0.0272. The summed E-state index contributed by atoms with van der Waals surface area (Å²) >= 11 is 0. The van der Waals surface area contributed by atoms with Crippen molar-refractivity contribution in [3.8, 4) is 0 Å². The first kappa shape index (κ1) is 79.4. The third-order valence-electron chi connectivity index (χ3n) is 14.3. The number of likely N-dealkylation sites (N-methyl/N-ethyl adjacent to an activating group) is 1. The van der Waals surface area contributed by atoms with Gasteiger partial charge in [0, 0.05) is 6.42 Å². The van der Waals surface area contributed by atoms with Crippen LogP contribution in [0.3, 0.4) is 0 Å². The van der Waals surface area contributed by atoms with Crippen LogP contribution in [0.5, 0.6) is 0 Å². The van der Waals surface area contributed by atoms with Gasteiger partial charge in [0.1, 0.15) is 13.2 Å². The highest BCUT2D eigenvalue weighted by Gasteiger charge is 2.23. The number of rotatable bonds is 60. The minimum Gasteiger partial charge on any atom is -0.756 e. The van der Waals surface area contributed by atoms with E-state index in [9.17, 15) is 19.4 Å². The molecule has 8 nitrogen and oxygen atoms in total. The first-order chi connectivity index (χ1) is 40.5. The minimum absolute atomic E-state index is 0.0284. The van der Waals surface area contributed by atoms with Gasteiger partial charge in [0.15, 0.2) is 0 Å². The summed E-state index contributed by atoms with van der Waals surface area (Å²) in [6.07, 6.45) is 96.9. The van der Waals surface area contributed by atoms with Gasteiger partial charge in [-0.1, -0.05) is 295 Å². The Morgan fingerprint density at radius 1 is 0.434 bits per heavy atom. The van der Waals surface area contributed by atoms with E-state index in [1.165, 1.54) is 148 Å². The Morgan fingerprint density at radius 3 is 1.12 bits per heavy atom. The van der Waals surface area contributed by atoms with E-state index in [0.29, 0.717) is 23.9 Å². The van der Waals surface area contributed by atoms with Gasteiger partial charge >= 0.3 is 0 Å². The number of nitrogens with zero attached hydrogens (tertiary/aromatic N) is 1. The number of unbranched alkanes of at least 4 members (excludes halogenated alkanes) is 25. The number of allylic oxidation sites excluding steroid dienone is 23. The topological polar surface area (TPSA) is 108 Å². The fraction of sp³-hybridized carbons (Fsp3) is 0.662. The van der Waals surface area contributed by atoms with Crippen molar-refractivity contribution >= 4 is 13.7 Å². The molecule has 3 unspecified atom stereocenters. The molecule has 0 saturated heterocycles. The number of carbonyl (C=O) groups excluding carboxylic acids is 1. The molecule has 0 heterocycles. The zero-order chi connectivity index (χ0) is 60.5. The molecule has 1 amide bonds. The normalized spacial score (nSPS) is 14.6. The van der Waals surface area contributed by atoms with Crippen molar-refractivity contribution < 1.29 is 32.9 Å². The average Bonchev–Trinajstić information content (AvgIpc) is 3.50. The van der Waals surface area contributed by atoms with E-state index in [2.05, 4.69) is 153 Å². The molecule has 0 bridgehead atoms. The molecule has 0 aromatic carbocycles. The maximum Gasteiger partial charge on any atom is 0.268 e. The van der Waals surface area contributed by atoms with Gasteiger partial charge in [0.05, 0.1) is 39.9 Å². The van der Waals surface area contributed by atoms with E-state index in [1.807, 2.05) is 27.2 Å². The van der Waals surface area contributed by atoms with Crippen molar-refractivity contribution in [1.29, 1.82) is 0 Å². The second-order valence-corrected chi connectivity index (χ2v) is 24.8. The molecule has 83 heavy (non-hydrogen) atoms. The van der Waals surface area contributed by atoms with Crippen LogP contribution in [0.15, 0.2) is 146 Å². The third-order valence-corrected chi connectivity index (χ3v) is 15.2. The molecule has 9 heteroatoms. The smallest absolute Gasteiger partial charge is 0.268 e. The van der Waals surface area contributed by atoms with Crippen LogP contribution in [0.2, 0.25) is 0 Å². The van der Waals surface area contributed by atoms with Crippen molar-refractivity contribution in [3.05, 3.63) is 146 Å². The molecule has 0 radical (unpaired) electrons. The molecule has 0 aliphatic heterocycles. The van der Waals surface area contributed by atoms with Crippen LogP contribution >= 0.6 is 7.82 Å². The van der Waals surface area contributed by atoms with Crippen LogP contribution in [-0.4, -0.2) is 68.5 Å². The fourth-order valence-electron chi connectivity index (χ4n) is 9.07. The maximum atomic E-state index is 13.0. The standard InChI is InChI=1S/C74H127N2O6P/c1-6-8-10-12-14-16-18-20-22-24-26-28-30-32-34-36-37-38-40-41-43-45-47-49-51-53-55-57-59-61-63-65-67-73(77)72(71-82-83(79,80)81-70-69-76(3,4)5)75-74(78)68-66-64-62-60-58-56-54-52-50-48-46-44-42-39-35-33-31-29-27-25-23-21-19-17-15-13-11-9-7-2/h9,11,15,17,21,23,27,29,33,35,42,44,48-51,54,56-57,59-60,62,65,67,72-73,77H,6-8,10,12-14,16,18-20,22,24-26,28,30-32,34,36-41,43,45-47,52-53,55,58,61,63-64,66,68-71H2,1-5H3,(H-,75,78,79,80)/b11-9-,17-15-,23-21-,29-27-,35-33-,44-42-,50-48-,51-49+,56-54-,59-57+,62-60-,67-65+. The zero-order valence-electron chi connectivity index (χ0n) is 54.1. The van der Waals surface area contributed by atoms with Crippen LogP contribution in [0.4, 0.5) is 0 Å². The first-order valence-electron chi connectivity index (χ1n) is 33.7. The molecule has 0 saturated carbocycles. The summed E-state index contributed by atoms with van der Waals surface area (Å²) in [5, 5.41) is 13.9. The van der Waals surface area contributed by atoms with Crippen LogP contribution in [0.1, 0.15) is 264 Å². The number of nitrogens with one attached hydrogen (secondary N) is 1. The highest BCUT2D eigenvalue weighted by atomic mass is 31.2. The number of quaternary nitrogens is 1. The Labute approximate surface area is 512 Å². The summed E-state index contributed by atoms with van der Waals surface area (Å²) in [7, 11) is 1.18. The number of hydrogen-bond donors (Lipinski definition) is 2. The second-order valence-electron chi connectivity index (χ2n) is 23.4. The van der Waals surface area contributed by atoms with Crippen LogP contribution in [-0.2, 0) is 18.4 Å². The number of phosphoric ester groups is 1. The Kier molecular flexibility index (Phi) is 60.2. The Bertz CT molecular complexity index is 1860. The number of phosphoric acid groups is 1. The van der Waals surface area contributed by atoms with Gasteiger partial charge in [-0.2, -0.15) is 0 Å². The Hall–Kier alpha value is -3.62. The summed E-state index contributed by atoms with van der Waals surface area (Å²) in [5.41, 5.74) is 0. The SMILES string of the molecule is CC/C=C\C/C=C\C/C=C\C/C=C\C/C=C\C/C=C\C/C=C\C/C=C\C/C=C\CCCC(=O)NC(COP(=O)([O-])OCC[N+](C)(C)C)C(O)/C=C/CC/C=C/CC/C=C/CCCCCCCCCCCCCCCCCCCCCCCC. The van der Waals surface area contributed by atoms with E-state index in [1.54, 1.807) is 6.08 Å². The molecule has 0 fully saturated rings. The number of aliphatic hydroxyl groups is 1. The number of carbonyl (C=O) groups is 1. The Morgan fingerprint density at radius 2 is 0.747 bits per heavy atom. The van der Waals surface area contributed by atoms with E-state index in [0.717, 1.165) is 83.5 Å². The van der Waals surface area contributed by atoms with Gasteiger partial charge in [0.2, 0.25) is 5.91 Å². The Balaban J connectivity index is 4.31. The third kappa shape index (κ3) is 65.8. The molecule has 0 rings (SSSR count). The second kappa shape index (κ2) is 62.9. The lowest BCUT2D eigenvalue weighted by molar-refractivity contribution is -0.870. The summed E-state index contributed by atoms with van der Waals surface area (Å²) in [4.78, 5) is 25.6. The van der Waals surface area contributed by atoms with Crippen molar-refractivity contribution in [2.75, 3.05) is 40.9 Å². The van der Waals surface area contributed by atoms with Crippen molar-refractivity contribution in [2.45, 2.75) is 276 Å². The lowest BCUT2D eigenvalue weighted by Crippen LogP contribution is -2.45. The molecule has 0 spiro atoms. The lowest BCUT2D eigenvalue weighted by atomic mass is 10.0. The van der Waals surface area contributed by atoms with E-state index in [-0.39, 0.29) is 18.9 Å². The maximum absolute atomic E-state index is 13.0. The van der Waals surface area contributed by atoms with Crippen LogP contribution in [0.25, 0.3) is 0 Å². The summed E-state index contributed by atoms with van der Waals surface area (Å²) < 4.78 is 23.4. The fourth-order valence-corrected chi connectivity index (χ4v) is 9.79. The molecule has 2 N–H and O–H groups in total. The molecule has 474 valence electrons. The van der Waals surface area contributed by atoms with Crippen molar-refractivity contribution in [1.82, 2.24) is 5.32 Å². The first-order valence-corrected chi connectivity index (χ1v) is 35.2. The largest absolute Gasteiger partial charge is 0.756 e. The van der Waals surface area contributed by atoms with Gasteiger partial charge in [-0.3, -0.25) is 9.36 Å². The van der Waals surface area contributed by atoms with Gasteiger partial charge in [-0.05, 0) is 109 Å². The number of hydrogen-bond acceptors (Lipinski definition) is 6. The average molecular weight is 1170 g/mol. The minimum atomic E-state index is -4.64. The molecule has 0 aliphatic rings. The molecule has 0 aliphatic carbocycles.